The first-order chi connectivity index (χ1) is 16.4. The van der Waals surface area contributed by atoms with Gasteiger partial charge in [-0.25, -0.2) is 9.59 Å². The fourth-order valence-electron chi connectivity index (χ4n) is 3.42. The van der Waals surface area contributed by atoms with Crippen molar-refractivity contribution in [3.05, 3.63) is 59.2 Å². The van der Waals surface area contributed by atoms with Crippen LogP contribution in [0.2, 0.25) is 0 Å². The van der Waals surface area contributed by atoms with E-state index in [4.69, 9.17) is 13.9 Å². The summed E-state index contributed by atoms with van der Waals surface area (Å²) in [6.07, 6.45) is 1.53. The lowest BCUT2D eigenvalue weighted by molar-refractivity contribution is -0.137. The summed E-state index contributed by atoms with van der Waals surface area (Å²) in [5, 5.41) is 2.53. The number of nitrogens with zero attached hydrogens (tertiary/aromatic N) is 2. The molecule has 3 heterocycles. The van der Waals surface area contributed by atoms with Gasteiger partial charge in [0.1, 0.15) is 17.2 Å². The summed E-state index contributed by atoms with van der Waals surface area (Å²) in [6.45, 7) is 1.95. The Labute approximate surface area is 194 Å². The van der Waals surface area contributed by atoms with Gasteiger partial charge in [-0.1, -0.05) is 12.1 Å². The molecule has 0 spiro atoms. The average molecular weight is 469 g/mol. The first-order valence-corrected chi connectivity index (χ1v) is 10.5. The van der Waals surface area contributed by atoms with Crippen LogP contribution in [0.3, 0.4) is 0 Å². The fraction of sp³-hybridized carbons (Fsp3) is 0.304. The summed E-state index contributed by atoms with van der Waals surface area (Å²) >= 11 is 0. The van der Waals surface area contributed by atoms with Crippen LogP contribution in [-0.2, 0) is 25.6 Å². The Morgan fingerprint density at radius 2 is 1.82 bits per heavy atom. The zero-order chi connectivity index (χ0) is 24.1. The van der Waals surface area contributed by atoms with Crippen molar-refractivity contribution in [2.24, 2.45) is 0 Å². The third kappa shape index (κ3) is 5.26. The van der Waals surface area contributed by atoms with Gasteiger partial charge in [-0.05, 0) is 35.9 Å². The number of amides is 4. The molecule has 11 heteroatoms. The van der Waals surface area contributed by atoms with Gasteiger partial charge in [0.2, 0.25) is 5.76 Å². The molecule has 2 fully saturated rings. The van der Waals surface area contributed by atoms with Gasteiger partial charge in [0.15, 0.2) is 6.61 Å². The van der Waals surface area contributed by atoms with E-state index in [1.807, 2.05) is 0 Å². The van der Waals surface area contributed by atoms with Gasteiger partial charge in [0.05, 0.1) is 26.9 Å². The van der Waals surface area contributed by atoms with E-state index in [0.29, 0.717) is 37.6 Å². The van der Waals surface area contributed by atoms with Crippen molar-refractivity contribution < 1.29 is 37.8 Å². The molecule has 2 saturated heterocycles. The summed E-state index contributed by atoms with van der Waals surface area (Å²) in [4.78, 5) is 51.3. The average Bonchev–Trinajstić information content (AvgIpc) is 3.44. The number of rotatable bonds is 7. The van der Waals surface area contributed by atoms with Crippen LogP contribution in [0.4, 0.5) is 4.79 Å². The smallest absolute Gasteiger partial charge is 0.373 e. The Kier molecular flexibility index (Phi) is 6.93. The number of imide groups is 1. The molecule has 1 aromatic heterocycles. The molecular weight excluding hydrogens is 446 g/mol. The number of benzene rings is 1. The van der Waals surface area contributed by atoms with E-state index in [1.165, 1.54) is 25.3 Å². The number of esters is 1. The van der Waals surface area contributed by atoms with Crippen LogP contribution in [0, 0.1) is 0 Å². The van der Waals surface area contributed by atoms with E-state index in [-0.39, 0.29) is 36.3 Å². The summed E-state index contributed by atoms with van der Waals surface area (Å²) in [5.41, 5.74) is 0.754. The molecule has 0 saturated carbocycles. The minimum absolute atomic E-state index is 0.0192. The highest BCUT2D eigenvalue weighted by molar-refractivity contribution is 6.13. The zero-order valence-corrected chi connectivity index (χ0v) is 18.4. The highest BCUT2D eigenvalue weighted by Gasteiger charge is 2.34. The highest BCUT2D eigenvalue weighted by Crippen LogP contribution is 2.20. The molecule has 178 valence electrons. The number of morpholine rings is 1. The molecule has 2 aromatic rings. The number of furan rings is 1. The number of hydrogen-bond donors (Lipinski definition) is 1. The maximum atomic E-state index is 12.7. The number of ether oxygens (including phenoxy) is 3. The Bertz CT molecular complexity index is 1120. The molecule has 2 aliphatic rings. The van der Waals surface area contributed by atoms with Crippen molar-refractivity contribution in [2.45, 2.75) is 6.54 Å². The minimum Gasteiger partial charge on any atom is -0.484 e. The number of carbonyl (C=O) groups is 4. The normalized spacial score (nSPS) is 17.1. The molecule has 0 bridgehead atoms. The van der Waals surface area contributed by atoms with Crippen molar-refractivity contribution in [3.63, 3.8) is 0 Å². The lowest BCUT2D eigenvalue weighted by atomic mass is 10.2. The topological polar surface area (TPSA) is 128 Å². The van der Waals surface area contributed by atoms with Gasteiger partial charge in [-0.15, -0.1) is 0 Å². The second-order valence-corrected chi connectivity index (χ2v) is 7.49. The van der Waals surface area contributed by atoms with Gasteiger partial charge in [-0.2, -0.15) is 0 Å². The number of hydrogen-bond acceptors (Lipinski definition) is 8. The summed E-state index contributed by atoms with van der Waals surface area (Å²) in [7, 11) is 1.22. The first kappa shape index (κ1) is 23.1. The maximum Gasteiger partial charge on any atom is 0.373 e. The van der Waals surface area contributed by atoms with Crippen molar-refractivity contribution in [1.82, 2.24) is 15.1 Å². The van der Waals surface area contributed by atoms with Crippen LogP contribution in [0.15, 0.2) is 46.5 Å². The Morgan fingerprint density at radius 3 is 2.53 bits per heavy atom. The van der Waals surface area contributed by atoms with Gasteiger partial charge in [-0.3, -0.25) is 14.5 Å². The minimum atomic E-state index is -0.651. The second kappa shape index (κ2) is 10.2. The van der Waals surface area contributed by atoms with Crippen LogP contribution in [0.25, 0.3) is 6.08 Å². The van der Waals surface area contributed by atoms with E-state index in [1.54, 1.807) is 29.2 Å². The summed E-state index contributed by atoms with van der Waals surface area (Å²) < 4.78 is 20.7. The second-order valence-electron chi connectivity index (χ2n) is 7.49. The van der Waals surface area contributed by atoms with Crippen LogP contribution in [0.1, 0.15) is 21.9 Å². The number of methoxy groups -OCH3 is 1. The Morgan fingerprint density at radius 1 is 1.09 bits per heavy atom. The van der Waals surface area contributed by atoms with E-state index < -0.39 is 17.9 Å². The molecule has 2 aliphatic heterocycles. The van der Waals surface area contributed by atoms with Gasteiger partial charge < -0.3 is 28.8 Å². The van der Waals surface area contributed by atoms with Crippen molar-refractivity contribution in [2.75, 3.05) is 40.0 Å². The number of urea groups is 1. The predicted molar refractivity (Wildman–Crippen MR) is 116 cm³/mol. The first-order valence-electron chi connectivity index (χ1n) is 10.5. The maximum absolute atomic E-state index is 12.7. The molecule has 0 atom stereocenters. The van der Waals surface area contributed by atoms with Gasteiger partial charge in [0, 0.05) is 13.1 Å². The van der Waals surface area contributed by atoms with Crippen LogP contribution in [-0.4, -0.2) is 73.6 Å². The Hall–Kier alpha value is -4.12. The lowest BCUT2D eigenvalue weighted by Crippen LogP contribution is -2.42. The van der Waals surface area contributed by atoms with Crippen LogP contribution in [0.5, 0.6) is 5.75 Å². The van der Waals surface area contributed by atoms with Crippen molar-refractivity contribution in [1.29, 1.82) is 0 Å². The molecule has 4 rings (SSSR count). The monoisotopic (exact) mass is 469 g/mol. The van der Waals surface area contributed by atoms with Gasteiger partial charge in [0.25, 0.3) is 11.8 Å². The third-order valence-electron chi connectivity index (χ3n) is 5.24. The molecule has 34 heavy (non-hydrogen) atoms. The van der Waals surface area contributed by atoms with E-state index >= 15 is 0 Å². The molecular formula is C23H23N3O8. The van der Waals surface area contributed by atoms with E-state index in [2.05, 4.69) is 10.1 Å². The third-order valence-corrected chi connectivity index (χ3v) is 5.24. The molecule has 11 nitrogen and oxygen atoms in total. The number of nitrogens with one attached hydrogen (secondary N) is 1. The largest absolute Gasteiger partial charge is 0.484 e. The number of carbonyl (C=O) groups excluding carboxylic acids is 4. The van der Waals surface area contributed by atoms with Crippen molar-refractivity contribution >= 4 is 29.9 Å². The quantitative estimate of drug-likeness (QED) is 0.366. The van der Waals surface area contributed by atoms with Gasteiger partial charge >= 0.3 is 12.0 Å². The van der Waals surface area contributed by atoms with E-state index in [0.717, 1.165) is 4.90 Å². The van der Waals surface area contributed by atoms with Crippen LogP contribution >= 0.6 is 0 Å². The molecule has 0 unspecified atom stereocenters. The SMILES string of the molecule is COC(=O)c1ccc(CN2C(=O)NC(=Cc3ccc(OCC(=O)N4CCOCC4)cc3)C2=O)o1. The molecule has 4 amide bonds. The standard InChI is InChI=1S/C23H23N3O8/c1-31-22(29)19-7-6-17(34-19)13-26-21(28)18(24-23(26)30)12-15-2-4-16(5-3-15)33-14-20(27)25-8-10-32-11-9-25/h2-7,12H,8-11,13-14H2,1H3,(H,24,30). The predicted octanol–water partition coefficient (Wildman–Crippen LogP) is 1.40. The fourth-order valence-corrected chi connectivity index (χ4v) is 3.42. The van der Waals surface area contributed by atoms with Crippen LogP contribution < -0.4 is 10.1 Å². The molecule has 0 aliphatic carbocycles. The highest BCUT2D eigenvalue weighted by atomic mass is 16.5. The zero-order valence-electron chi connectivity index (χ0n) is 18.4. The summed E-state index contributed by atoms with van der Waals surface area (Å²) in [6, 6.07) is 9.07. The molecule has 1 aromatic carbocycles. The molecule has 1 N–H and O–H groups in total. The van der Waals surface area contributed by atoms with Crippen molar-refractivity contribution in [3.8, 4) is 5.75 Å². The summed E-state index contributed by atoms with van der Waals surface area (Å²) in [5.74, 6) is -0.539. The lowest BCUT2D eigenvalue weighted by Gasteiger charge is -2.26. The Balaban J connectivity index is 1.34. The molecule has 0 radical (unpaired) electrons. The van der Waals surface area contributed by atoms with E-state index in [9.17, 15) is 19.2 Å².